The van der Waals surface area contributed by atoms with E-state index in [1.807, 2.05) is 5.01 Å². The third-order valence-corrected chi connectivity index (χ3v) is 2.90. The molecular weight excluding hydrogens is 234 g/mol. The van der Waals surface area contributed by atoms with E-state index in [0.29, 0.717) is 0 Å². The van der Waals surface area contributed by atoms with Crippen molar-refractivity contribution in [2.24, 2.45) is 5.10 Å². The summed E-state index contributed by atoms with van der Waals surface area (Å²) in [4.78, 5) is 10.1. The Bertz CT molecular complexity index is 468. The lowest BCUT2D eigenvalue weighted by molar-refractivity contribution is -0.385. The number of hydrazone groups is 1. The summed E-state index contributed by atoms with van der Waals surface area (Å²) in [7, 11) is 0. The summed E-state index contributed by atoms with van der Waals surface area (Å²) in [5.41, 5.74) is 0.171. The van der Waals surface area contributed by atoms with Gasteiger partial charge in [-0.25, -0.2) is 0 Å². The number of hydrogen-bond donors (Lipinski definition) is 0. The van der Waals surface area contributed by atoms with Crippen LogP contribution in [0.1, 0.15) is 24.8 Å². The van der Waals surface area contributed by atoms with Crippen LogP contribution in [0.2, 0.25) is 0 Å². The van der Waals surface area contributed by atoms with Crippen molar-refractivity contribution in [1.82, 2.24) is 5.01 Å². The molecule has 18 heavy (non-hydrogen) atoms. The molecule has 1 fully saturated rings. The molecule has 0 atom stereocenters. The third-order valence-electron chi connectivity index (χ3n) is 2.90. The standard InChI is InChI=1S/C12H15N3O3/c16-12-5-4-11(15(17)18)8-10(12)9-13-14-6-2-1-3-7-14/h4-5,8-9,16H,1-3,6-7H2/p-1/b13-9-. The summed E-state index contributed by atoms with van der Waals surface area (Å²) < 4.78 is 0. The largest absolute Gasteiger partial charge is 0.872 e. The van der Waals surface area contributed by atoms with Gasteiger partial charge in [-0.1, -0.05) is 11.8 Å². The smallest absolute Gasteiger partial charge is 0.270 e. The first-order valence-electron chi connectivity index (χ1n) is 5.91. The molecule has 0 aliphatic carbocycles. The van der Waals surface area contributed by atoms with Crippen LogP contribution in [-0.4, -0.2) is 29.2 Å². The zero-order valence-electron chi connectivity index (χ0n) is 9.91. The minimum Gasteiger partial charge on any atom is -0.872 e. The summed E-state index contributed by atoms with van der Waals surface area (Å²) in [5, 5.41) is 28.2. The first-order valence-corrected chi connectivity index (χ1v) is 5.91. The van der Waals surface area contributed by atoms with Crippen molar-refractivity contribution in [3.05, 3.63) is 33.9 Å². The maximum Gasteiger partial charge on any atom is 0.270 e. The monoisotopic (exact) mass is 248 g/mol. The van der Waals surface area contributed by atoms with Crippen LogP contribution in [0.25, 0.3) is 0 Å². The molecule has 0 amide bonds. The first-order chi connectivity index (χ1) is 8.66. The number of benzene rings is 1. The molecule has 1 heterocycles. The molecule has 0 saturated carbocycles. The van der Waals surface area contributed by atoms with Crippen LogP contribution in [0.4, 0.5) is 5.69 Å². The number of nitro benzene ring substituents is 1. The molecule has 0 radical (unpaired) electrons. The van der Waals surface area contributed by atoms with Crippen LogP contribution in [0.3, 0.4) is 0 Å². The molecule has 1 aromatic carbocycles. The van der Waals surface area contributed by atoms with E-state index in [1.165, 1.54) is 30.8 Å². The lowest BCUT2D eigenvalue weighted by Gasteiger charge is -2.23. The van der Waals surface area contributed by atoms with E-state index >= 15 is 0 Å². The molecule has 6 heteroatoms. The average molecular weight is 248 g/mol. The van der Waals surface area contributed by atoms with Gasteiger partial charge in [0.2, 0.25) is 0 Å². The highest BCUT2D eigenvalue weighted by atomic mass is 16.6. The molecule has 0 spiro atoms. The number of nitro groups is 1. The number of hydrogen-bond acceptors (Lipinski definition) is 5. The predicted octanol–water partition coefficient (Wildman–Crippen LogP) is 1.49. The summed E-state index contributed by atoms with van der Waals surface area (Å²) in [6, 6.07) is 3.67. The summed E-state index contributed by atoms with van der Waals surface area (Å²) in [6.07, 6.45) is 4.81. The quantitative estimate of drug-likeness (QED) is 0.461. The molecule has 1 saturated heterocycles. The van der Waals surface area contributed by atoms with Crippen molar-refractivity contribution in [2.45, 2.75) is 19.3 Å². The van der Waals surface area contributed by atoms with Crippen LogP contribution < -0.4 is 5.11 Å². The maximum atomic E-state index is 11.5. The molecule has 96 valence electrons. The minimum atomic E-state index is -0.516. The molecule has 0 aromatic heterocycles. The Kier molecular flexibility index (Phi) is 3.76. The maximum absolute atomic E-state index is 11.5. The van der Waals surface area contributed by atoms with Gasteiger partial charge in [-0.15, -0.1) is 0 Å². The number of non-ortho nitro benzene ring substituents is 1. The highest BCUT2D eigenvalue weighted by Gasteiger charge is 2.08. The summed E-state index contributed by atoms with van der Waals surface area (Å²) >= 11 is 0. The Morgan fingerprint density at radius 2 is 2.00 bits per heavy atom. The van der Waals surface area contributed by atoms with E-state index in [-0.39, 0.29) is 17.0 Å². The van der Waals surface area contributed by atoms with Crippen molar-refractivity contribution in [1.29, 1.82) is 0 Å². The molecule has 1 aliphatic heterocycles. The van der Waals surface area contributed by atoms with Gasteiger partial charge in [0.15, 0.2) is 0 Å². The molecule has 2 rings (SSSR count). The van der Waals surface area contributed by atoms with Crippen molar-refractivity contribution >= 4 is 11.9 Å². The molecule has 6 nitrogen and oxygen atoms in total. The lowest BCUT2D eigenvalue weighted by atomic mass is 10.2. The minimum absolute atomic E-state index is 0.0882. The highest BCUT2D eigenvalue weighted by molar-refractivity contribution is 5.84. The second-order valence-electron chi connectivity index (χ2n) is 4.24. The predicted molar refractivity (Wildman–Crippen MR) is 65.6 cm³/mol. The number of piperidine rings is 1. The van der Waals surface area contributed by atoms with Crippen molar-refractivity contribution < 1.29 is 10.0 Å². The van der Waals surface area contributed by atoms with Crippen molar-refractivity contribution in [2.75, 3.05) is 13.1 Å². The van der Waals surface area contributed by atoms with E-state index in [0.717, 1.165) is 25.9 Å². The Morgan fingerprint density at radius 3 is 2.67 bits per heavy atom. The molecular formula is C12H14N3O3-. The van der Waals surface area contributed by atoms with Crippen LogP contribution in [0, 0.1) is 10.1 Å². The molecule has 1 aliphatic rings. The zero-order valence-corrected chi connectivity index (χ0v) is 9.91. The van der Waals surface area contributed by atoms with Gasteiger partial charge in [-0.3, -0.25) is 15.1 Å². The highest BCUT2D eigenvalue weighted by Crippen LogP contribution is 2.19. The Hall–Kier alpha value is -2.11. The van der Waals surface area contributed by atoms with Crippen molar-refractivity contribution in [3.8, 4) is 5.75 Å². The summed E-state index contributed by atoms with van der Waals surface area (Å²) in [5.74, 6) is -0.249. The van der Waals surface area contributed by atoms with E-state index in [1.54, 1.807) is 0 Å². The molecule has 0 unspecified atom stereocenters. The Labute approximate surface area is 105 Å². The van der Waals surface area contributed by atoms with Gasteiger partial charge >= 0.3 is 0 Å². The van der Waals surface area contributed by atoms with Crippen LogP contribution >= 0.6 is 0 Å². The average Bonchev–Trinajstić information content (AvgIpc) is 2.38. The van der Waals surface area contributed by atoms with Gasteiger partial charge in [0.05, 0.1) is 11.1 Å². The van der Waals surface area contributed by atoms with Crippen LogP contribution in [-0.2, 0) is 0 Å². The Balaban J connectivity index is 2.14. The fraction of sp³-hybridized carbons (Fsp3) is 0.417. The van der Waals surface area contributed by atoms with Crippen molar-refractivity contribution in [3.63, 3.8) is 0 Å². The normalized spacial score (nSPS) is 16.1. The third kappa shape index (κ3) is 2.97. The second kappa shape index (κ2) is 5.48. The topological polar surface area (TPSA) is 81.8 Å². The van der Waals surface area contributed by atoms with E-state index in [2.05, 4.69) is 5.10 Å². The van der Waals surface area contributed by atoms with E-state index in [9.17, 15) is 15.2 Å². The first kappa shape index (κ1) is 12.3. The van der Waals surface area contributed by atoms with Gasteiger partial charge in [-0.2, -0.15) is 5.10 Å². The number of nitrogens with zero attached hydrogens (tertiary/aromatic N) is 3. The Morgan fingerprint density at radius 1 is 1.28 bits per heavy atom. The van der Waals surface area contributed by atoms with Crippen LogP contribution in [0.5, 0.6) is 5.75 Å². The molecule has 0 bridgehead atoms. The SMILES string of the molecule is O=[N+]([O-])c1ccc([O-])c(/C=N\N2CCCCC2)c1. The number of rotatable bonds is 3. The van der Waals surface area contributed by atoms with Gasteiger partial charge in [0.1, 0.15) is 0 Å². The second-order valence-corrected chi connectivity index (χ2v) is 4.24. The van der Waals surface area contributed by atoms with E-state index in [4.69, 9.17) is 0 Å². The van der Waals surface area contributed by atoms with Gasteiger partial charge in [0.25, 0.3) is 5.69 Å². The fourth-order valence-electron chi connectivity index (χ4n) is 1.89. The zero-order chi connectivity index (χ0) is 13.0. The molecule has 0 N–H and O–H groups in total. The van der Waals surface area contributed by atoms with Gasteiger partial charge < -0.3 is 5.11 Å². The fourth-order valence-corrected chi connectivity index (χ4v) is 1.89. The lowest BCUT2D eigenvalue weighted by Crippen LogP contribution is -2.24. The summed E-state index contributed by atoms with van der Waals surface area (Å²) in [6.45, 7) is 1.75. The molecule has 1 aromatic rings. The van der Waals surface area contributed by atoms with E-state index < -0.39 is 4.92 Å². The van der Waals surface area contributed by atoms with Crippen LogP contribution in [0.15, 0.2) is 23.3 Å². The van der Waals surface area contributed by atoms with Gasteiger partial charge in [0, 0.05) is 25.2 Å². The van der Waals surface area contributed by atoms with Gasteiger partial charge in [-0.05, 0) is 24.8 Å².